The van der Waals surface area contributed by atoms with Crippen LogP contribution in [0.25, 0.3) is 0 Å². The molecule has 0 aromatic rings. The molecule has 0 aromatic carbocycles. The molecule has 0 bridgehead atoms. The van der Waals surface area contributed by atoms with Crippen LogP contribution in [0.2, 0.25) is 0 Å². The molecule has 11 heteroatoms. The molecule has 0 radical (unpaired) electrons. The first-order valence-electron chi connectivity index (χ1n) is 3.92. The van der Waals surface area contributed by atoms with Crippen LogP contribution in [-0.2, 0) is 173 Å². The molecule has 0 aliphatic heterocycles. The van der Waals surface area contributed by atoms with E-state index < -0.39 is 0 Å². The van der Waals surface area contributed by atoms with Gasteiger partial charge in [0.1, 0.15) is 0 Å². The van der Waals surface area contributed by atoms with Crippen LogP contribution in [0, 0.1) is 0 Å². The SMILES string of the molecule is CC.CC.[W]=[C-]CO[C-]=[W].[W]=[W].[W]=[W].[W]=[W].[W]=[W]. The Balaban J connectivity index is -0.0000000174. The van der Waals surface area contributed by atoms with E-state index in [1.807, 2.05) is 27.7 Å². The van der Waals surface area contributed by atoms with Gasteiger partial charge in [-0.1, -0.05) is 27.7 Å². The summed E-state index contributed by atoms with van der Waals surface area (Å²) in [4.78, 5) is 0. The summed E-state index contributed by atoms with van der Waals surface area (Å²) in [7, 11) is 0. The minimum absolute atomic E-state index is 0.610. The summed E-state index contributed by atoms with van der Waals surface area (Å²) in [5.74, 6) is 0. The molecule has 0 atom stereocenters. The third-order valence-electron chi connectivity index (χ3n) is 0.190. The van der Waals surface area contributed by atoms with Crippen molar-refractivity contribution in [2.75, 3.05) is 6.61 Å². The summed E-state index contributed by atoms with van der Waals surface area (Å²) in [5.41, 5.74) is 0. The molecule has 0 amide bonds. The van der Waals surface area contributed by atoms with E-state index >= 15 is 0 Å². The van der Waals surface area contributed by atoms with E-state index in [9.17, 15) is 0 Å². The van der Waals surface area contributed by atoms with Crippen molar-refractivity contribution >= 4 is 8.99 Å². The van der Waals surface area contributed by atoms with Gasteiger partial charge < -0.3 is 0 Å². The Bertz CT molecular complexity index is 88.2. The zero-order valence-electron chi connectivity index (χ0n) is 10.2. The van der Waals surface area contributed by atoms with Gasteiger partial charge in [-0.3, -0.25) is 0 Å². The van der Waals surface area contributed by atoms with Crippen molar-refractivity contribution in [3.63, 3.8) is 0 Å². The molecule has 0 N–H and O–H groups in total. The zero-order valence-corrected chi connectivity index (χ0v) is 39.5. The molecular formula is C7H14OW10-2. The Morgan fingerprint density at radius 3 is 0.944 bits per heavy atom. The van der Waals surface area contributed by atoms with Gasteiger partial charge in [0, 0.05) is 0 Å². The fraction of sp³-hybridized carbons (Fsp3) is 0.714. The molecule has 0 fully saturated rings. The summed E-state index contributed by atoms with van der Waals surface area (Å²) < 4.78 is 10.2. The first kappa shape index (κ1) is 44.2. The third kappa shape index (κ3) is 115. The van der Waals surface area contributed by atoms with Gasteiger partial charge in [0.05, 0.1) is 0 Å². The predicted molar refractivity (Wildman–Crippen MR) is 38.7 cm³/mol. The Hall–Kier alpha value is 6.58. The van der Waals surface area contributed by atoms with Crippen LogP contribution in [0.4, 0.5) is 0 Å². The maximum absolute atomic E-state index is 4.68. The molecule has 0 aliphatic carbocycles. The molecule has 0 saturated heterocycles. The average Bonchev–Trinajstić information content (AvgIpc) is 2.57. The van der Waals surface area contributed by atoms with Crippen LogP contribution in [0.15, 0.2) is 0 Å². The summed E-state index contributed by atoms with van der Waals surface area (Å²) >= 11 is 15.9. The number of hydrogen-bond acceptors (Lipinski definition) is 1. The van der Waals surface area contributed by atoms with Gasteiger partial charge in [0.25, 0.3) is 0 Å². The van der Waals surface area contributed by atoms with E-state index in [1.165, 1.54) is 38.7 Å². The van der Waals surface area contributed by atoms with Crippen LogP contribution in [0.1, 0.15) is 27.7 Å². The summed E-state index contributed by atoms with van der Waals surface area (Å²) in [6, 6.07) is 0. The molecule has 0 rings (SSSR count). The zero-order chi connectivity index (χ0) is 16.8. The quantitative estimate of drug-likeness (QED) is 0.308. The summed E-state index contributed by atoms with van der Waals surface area (Å²) in [5, 5.41) is 0. The summed E-state index contributed by atoms with van der Waals surface area (Å²) in [6.07, 6.45) is 0. The van der Waals surface area contributed by atoms with Crippen LogP contribution < -0.4 is 0 Å². The van der Waals surface area contributed by atoms with Gasteiger partial charge in [-0.2, -0.15) is 0 Å². The van der Waals surface area contributed by atoms with E-state index in [0.717, 1.165) is 0 Å². The average molecular weight is 1950 g/mol. The van der Waals surface area contributed by atoms with Crippen molar-refractivity contribution in [1.82, 2.24) is 0 Å². The van der Waals surface area contributed by atoms with E-state index in [4.69, 9.17) is 0 Å². The van der Waals surface area contributed by atoms with Gasteiger partial charge in [-0.15, -0.1) is 0 Å². The van der Waals surface area contributed by atoms with Crippen molar-refractivity contribution in [3.8, 4) is 0 Å². The van der Waals surface area contributed by atoms with E-state index in [0.29, 0.717) is 6.61 Å². The van der Waals surface area contributed by atoms with Crippen molar-refractivity contribution in [2.45, 2.75) is 27.7 Å². The van der Waals surface area contributed by atoms with Crippen molar-refractivity contribution in [3.05, 3.63) is 0 Å². The standard InChI is InChI=1S/C3H2O.2C2H6.10W/c1-3-4-2;2*1-2;;;;;;;;;;/h3H2;2*1-2H3;;;;;;;;;;/q-2;;;;;;;;;;;;. The first-order chi connectivity index (χ1) is 8.91. The summed E-state index contributed by atoms with van der Waals surface area (Å²) in [6.45, 7) is 8.61. The Morgan fingerprint density at radius 1 is 0.667 bits per heavy atom. The molecule has 0 unspecified atom stereocenters. The molecular weight excluding hydrogens is 1940 g/mol. The van der Waals surface area contributed by atoms with Crippen molar-refractivity contribution in [1.29, 1.82) is 0 Å². The Morgan fingerprint density at radius 2 is 0.889 bits per heavy atom. The van der Waals surface area contributed by atoms with Gasteiger partial charge >= 0.3 is 189 Å². The van der Waals surface area contributed by atoms with E-state index in [2.05, 4.69) is 13.7 Å². The molecule has 1 nitrogen and oxygen atoms in total. The van der Waals surface area contributed by atoms with Crippen LogP contribution >= 0.6 is 0 Å². The molecule has 0 aliphatic rings. The topological polar surface area (TPSA) is 9.23 Å². The second-order valence-electron chi connectivity index (χ2n) is 0.516. The van der Waals surface area contributed by atoms with E-state index in [-0.39, 0.29) is 0 Å². The van der Waals surface area contributed by atoms with Gasteiger partial charge in [-0.05, 0) is 0 Å². The first-order valence-corrected chi connectivity index (χ1v) is 50.9. The molecule has 110 valence electrons. The maximum atomic E-state index is 4.68. The minimum atomic E-state index is 0.610. The monoisotopic (exact) mass is 1950 g/mol. The number of rotatable bonds is 3. The molecule has 0 saturated carbocycles. The molecule has 0 heterocycles. The third-order valence-corrected chi connectivity index (χ3v) is 1.04. The van der Waals surface area contributed by atoms with Gasteiger partial charge in [-0.25, -0.2) is 0 Å². The van der Waals surface area contributed by atoms with Gasteiger partial charge in [0.15, 0.2) is 0 Å². The number of hydrogen-bond donors (Lipinski definition) is 0. The van der Waals surface area contributed by atoms with Gasteiger partial charge in [0.2, 0.25) is 0 Å². The molecule has 18 heavy (non-hydrogen) atoms. The fourth-order valence-electron chi connectivity index (χ4n) is 0.0589. The van der Waals surface area contributed by atoms with Crippen molar-refractivity contribution in [2.24, 2.45) is 0 Å². The molecule has 0 spiro atoms. The normalized spacial score (nSPS) is 4.00. The van der Waals surface area contributed by atoms with Crippen LogP contribution in [0.3, 0.4) is 0 Å². The van der Waals surface area contributed by atoms with Crippen LogP contribution in [-0.4, -0.2) is 15.6 Å². The Labute approximate surface area is 211 Å². The van der Waals surface area contributed by atoms with E-state index in [1.54, 1.807) is 130 Å². The Kier molecular flexibility index (Phi) is 264. The predicted octanol–water partition coefficient (Wildman–Crippen LogP) is 1.44. The second kappa shape index (κ2) is 107. The number of ether oxygens (including phenoxy) is 1. The second-order valence-corrected chi connectivity index (χ2v) is 2.15. The van der Waals surface area contributed by atoms with Crippen molar-refractivity contribution < 1.29 is 173 Å². The molecule has 0 aromatic heterocycles. The van der Waals surface area contributed by atoms with Crippen LogP contribution in [0.5, 0.6) is 0 Å². The fourth-order valence-corrected chi connectivity index (χ4v) is 0.482.